The van der Waals surface area contributed by atoms with Gasteiger partial charge in [0.25, 0.3) is 0 Å². The minimum absolute atomic E-state index is 0.242. The van der Waals surface area contributed by atoms with Gasteiger partial charge in [0.2, 0.25) is 0 Å². The number of fused-ring (bicyclic) bond motifs is 6. The van der Waals surface area contributed by atoms with E-state index in [1.165, 1.54) is 42.0 Å². The van der Waals surface area contributed by atoms with Gasteiger partial charge in [-0.2, -0.15) is 0 Å². The molecule has 0 aliphatic carbocycles. The summed E-state index contributed by atoms with van der Waals surface area (Å²) in [7, 11) is 0. The Morgan fingerprint density at radius 3 is 2.26 bits per heavy atom. The van der Waals surface area contributed by atoms with Gasteiger partial charge in [0.15, 0.2) is 0 Å². The minimum Gasteiger partial charge on any atom is -0.320 e. The fourth-order valence-corrected chi connectivity index (χ4v) is 7.19. The minimum atomic E-state index is -0.242. The summed E-state index contributed by atoms with van der Waals surface area (Å²) in [6.07, 6.45) is 1.94. The van der Waals surface area contributed by atoms with Gasteiger partial charge >= 0.3 is 0 Å². The lowest BCUT2D eigenvalue weighted by atomic mass is 9.98. The van der Waals surface area contributed by atoms with Gasteiger partial charge in [0.05, 0.1) is 22.8 Å². The van der Waals surface area contributed by atoms with E-state index in [0.29, 0.717) is 0 Å². The maximum Gasteiger partial charge on any atom is 0.0681 e. The topological polar surface area (TPSA) is 43.3 Å². The van der Waals surface area contributed by atoms with E-state index in [9.17, 15) is 0 Å². The van der Waals surface area contributed by atoms with Crippen LogP contribution in [0, 0.1) is 0 Å². The van der Waals surface area contributed by atoms with Crippen molar-refractivity contribution in [1.82, 2.24) is 4.57 Å². The third-order valence-corrected chi connectivity index (χ3v) is 9.22. The van der Waals surface area contributed by atoms with Crippen molar-refractivity contribution in [3.8, 4) is 5.69 Å². The second-order valence-corrected chi connectivity index (χ2v) is 11.7. The number of aliphatic imine (C=N–C) groups is 1. The number of nitrogens with zero attached hydrogens (tertiary/aromatic N) is 2. The molecule has 0 radical (unpaired) electrons. The number of hydrogen-bond acceptors (Lipinski definition) is 3. The number of thiophene rings is 1. The summed E-state index contributed by atoms with van der Waals surface area (Å²) in [5.41, 5.74) is 14.2. The van der Waals surface area contributed by atoms with Gasteiger partial charge in [-0.3, -0.25) is 4.99 Å². The lowest BCUT2D eigenvalue weighted by Crippen LogP contribution is -2.11. The SMILES string of the molecule is NC(c1ccccc1)c1ccccc1/N=C/c1cccc(-n2c3ccccc3c3cc4sc5ccccc5c4cc32)c1. The molecular formula is C38H27N3S. The molecule has 8 rings (SSSR count). The van der Waals surface area contributed by atoms with Crippen molar-refractivity contribution in [2.24, 2.45) is 10.7 Å². The summed E-state index contributed by atoms with van der Waals surface area (Å²) in [5.74, 6) is 0. The van der Waals surface area contributed by atoms with E-state index in [1.807, 2.05) is 53.9 Å². The van der Waals surface area contributed by atoms with Crippen molar-refractivity contribution in [3.63, 3.8) is 0 Å². The summed E-state index contributed by atoms with van der Waals surface area (Å²) < 4.78 is 5.02. The van der Waals surface area contributed by atoms with Crippen molar-refractivity contribution >= 4 is 65.2 Å². The molecule has 200 valence electrons. The van der Waals surface area contributed by atoms with Crippen LogP contribution in [0.4, 0.5) is 5.69 Å². The third kappa shape index (κ3) is 4.12. The molecule has 3 nitrogen and oxygen atoms in total. The van der Waals surface area contributed by atoms with Crippen LogP contribution in [-0.2, 0) is 0 Å². The summed E-state index contributed by atoms with van der Waals surface area (Å²) in [6, 6.07) is 48.8. The molecule has 0 aliphatic rings. The second-order valence-electron chi connectivity index (χ2n) is 10.6. The Hall–Kier alpha value is -5.03. The van der Waals surface area contributed by atoms with Crippen LogP contribution in [0.5, 0.6) is 0 Å². The van der Waals surface area contributed by atoms with E-state index in [1.54, 1.807) is 0 Å². The van der Waals surface area contributed by atoms with Gasteiger partial charge in [0.1, 0.15) is 0 Å². The van der Waals surface area contributed by atoms with Crippen LogP contribution >= 0.6 is 11.3 Å². The monoisotopic (exact) mass is 557 g/mol. The van der Waals surface area contributed by atoms with Gasteiger partial charge in [0, 0.05) is 42.8 Å². The number of aromatic nitrogens is 1. The van der Waals surface area contributed by atoms with Crippen molar-refractivity contribution in [2.75, 3.05) is 0 Å². The number of hydrogen-bond donors (Lipinski definition) is 1. The van der Waals surface area contributed by atoms with Crippen LogP contribution < -0.4 is 5.73 Å². The predicted molar refractivity (Wildman–Crippen MR) is 180 cm³/mol. The van der Waals surface area contributed by atoms with E-state index in [2.05, 4.69) is 108 Å². The quantitative estimate of drug-likeness (QED) is 0.210. The summed E-state index contributed by atoms with van der Waals surface area (Å²) in [5, 5.41) is 5.14. The molecule has 1 unspecified atom stereocenters. The average molecular weight is 558 g/mol. The highest BCUT2D eigenvalue weighted by molar-refractivity contribution is 7.25. The molecule has 2 aromatic heterocycles. The molecule has 0 fully saturated rings. The molecule has 0 aliphatic heterocycles. The van der Waals surface area contributed by atoms with E-state index >= 15 is 0 Å². The zero-order valence-corrected chi connectivity index (χ0v) is 23.6. The van der Waals surface area contributed by atoms with Crippen molar-refractivity contribution in [3.05, 3.63) is 156 Å². The van der Waals surface area contributed by atoms with E-state index in [4.69, 9.17) is 10.7 Å². The highest BCUT2D eigenvalue weighted by Crippen LogP contribution is 2.40. The summed E-state index contributed by atoms with van der Waals surface area (Å²) in [4.78, 5) is 4.93. The van der Waals surface area contributed by atoms with E-state index in [-0.39, 0.29) is 6.04 Å². The van der Waals surface area contributed by atoms with E-state index < -0.39 is 0 Å². The summed E-state index contributed by atoms with van der Waals surface area (Å²) in [6.45, 7) is 0. The largest absolute Gasteiger partial charge is 0.320 e. The third-order valence-electron chi connectivity index (χ3n) is 8.08. The van der Waals surface area contributed by atoms with E-state index in [0.717, 1.165) is 28.1 Å². The maximum atomic E-state index is 6.67. The number of benzene rings is 6. The first-order valence-electron chi connectivity index (χ1n) is 14.1. The standard InChI is InChI=1S/C38H27N3S/c39-38(26-12-2-1-3-13-26)30-17-4-7-18-33(30)40-24-25-11-10-14-27(21-25)41-34-19-8-5-15-28(34)31-23-37-32(22-35(31)41)29-16-6-9-20-36(29)42-37/h1-24,38H,39H2/b40-24+. The van der Waals surface area contributed by atoms with Crippen molar-refractivity contribution in [1.29, 1.82) is 0 Å². The molecule has 0 spiro atoms. The first-order valence-corrected chi connectivity index (χ1v) is 14.9. The number of nitrogens with two attached hydrogens (primary N) is 1. The second kappa shape index (κ2) is 10.1. The first kappa shape index (κ1) is 24.7. The van der Waals surface area contributed by atoms with Crippen LogP contribution in [0.15, 0.2) is 145 Å². The Labute approximate surface area is 247 Å². The van der Waals surface area contributed by atoms with Gasteiger partial charge in [-0.1, -0.05) is 97.1 Å². The van der Waals surface area contributed by atoms with Gasteiger partial charge < -0.3 is 10.3 Å². The summed E-state index contributed by atoms with van der Waals surface area (Å²) >= 11 is 1.86. The zero-order chi connectivity index (χ0) is 28.0. The van der Waals surface area contributed by atoms with Gasteiger partial charge in [-0.05, 0) is 59.2 Å². The lowest BCUT2D eigenvalue weighted by molar-refractivity contribution is 0.872. The molecule has 42 heavy (non-hydrogen) atoms. The number of para-hydroxylation sites is 2. The fraction of sp³-hybridized carbons (Fsp3) is 0.0263. The lowest BCUT2D eigenvalue weighted by Gasteiger charge is -2.14. The molecule has 1 atom stereocenters. The smallest absolute Gasteiger partial charge is 0.0681 e. The first-order chi connectivity index (χ1) is 20.7. The molecule has 2 heterocycles. The molecule has 0 amide bonds. The van der Waals surface area contributed by atoms with Gasteiger partial charge in [-0.25, -0.2) is 0 Å². The molecule has 0 saturated heterocycles. The Balaban J connectivity index is 1.25. The Morgan fingerprint density at radius 1 is 0.595 bits per heavy atom. The Morgan fingerprint density at radius 2 is 1.36 bits per heavy atom. The number of rotatable bonds is 5. The highest BCUT2D eigenvalue weighted by atomic mass is 32.1. The molecule has 4 heteroatoms. The predicted octanol–water partition coefficient (Wildman–Crippen LogP) is 9.95. The molecule has 6 aromatic carbocycles. The van der Waals surface area contributed by atoms with Gasteiger partial charge in [-0.15, -0.1) is 11.3 Å². The van der Waals surface area contributed by atoms with Crippen LogP contribution in [0.25, 0.3) is 47.7 Å². The molecule has 0 bridgehead atoms. The average Bonchev–Trinajstić information content (AvgIpc) is 3.58. The molecule has 2 N–H and O–H groups in total. The maximum absolute atomic E-state index is 6.67. The Kier molecular flexibility index (Phi) is 5.95. The zero-order valence-electron chi connectivity index (χ0n) is 22.8. The molecular weight excluding hydrogens is 531 g/mol. The Bertz CT molecular complexity index is 2270. The van der Waals surface area contributed by atoms with Crippen LogP contribution in [0.2, 0.25) is 0 Å². The van der Waals surface area contributed by atoms with Crippen LogP contribution in [0.3, 0.4) is 0 Å². The van der Waals surface area contributed by atoms with Crippen LogP contribution in [0.1, 0.15) is 22.7 Å². The van der Waals surface area contributed by atoms with Crippen LogP contribution in [-0.4, -0.2) is 10.8 Å². The fourth-order valence-electron chi connectivity index (χ4n) is 6.06. The molecule has 0 saturated carbocycles. The normalized spacial score (nSPS) is 12.7. The van der Waals surface area contributed by atoms with Crippen molar-refractivity contribution < 1.29 is 0 Å². The highest BCUT2D eigenvalue weighted by Gasteiger charge is 2.16. The van der Waals surface area contributed by atoms with Crippen molar-refractivity contribution in [2.45, 2.75) is 6.04 Å². The molecule has 8 aromatic rings.